The van der Waals surface area contributed by atoms with Crippen molar-refractivity contribution >= 4 is 5.69 Å². The van der Waals surface area contributed by atoms with Crippen molar-refractivity contribution in [3.63, 3.8) is 0 Å². The molecule has 2 heteroatoms. The summed E-state index contributed by atoms with van der Waals surface area (Å²) in [4.78, 5) is 0. The Kier molecular flexibility index (Phi) is 3.91. The van der Waals surface area contributed by atoms with Crippen LogP contribution in [0.2, 0.25) is 0 Å². The van der Waals surface area contributed by atoms with Gasteiger partial charge >= 0.3 is 0 Å². The zero-order chi connectivity index (χ0) is 13.8. The molecule has 0 atom stereocenters. The van der Waals surface area contributed by atoms with Crippen molar-refractivity contribution < 1.29 is 4.74 Å². The molecule has 3 rings (SSSR count). The van der Waals surface area contributed by atoms with Crippen LogP contribution in [0.15, 0.2) is 42.5 Å². The summed E-state index contributed by atoms with van der Waals surface area (Å²) in [5.74, 6) is 1.07. The van der Waals surface area contributed by atoms with E-state index in [0.29, 0.717) is 0 Å². The molecule has 0 fully saturated rings. The zero-order valence-corrected chi connectivity index (χ0v) is 12.0. The van der Waals surface area contributed by atoms with Gasteiger partial charge in [-0.2, -0.15) is 0 Å². The molecule has 104 valence electrons. The fourth-order valence-corrected chi connectivity index (χ4v) is 2.60. The van der Waals surface area contributed by atoms with Crippen LogP contribution in [0, 0.1) is 0 Å². The molecule has 0 spiro atoms. The average molecular weight is 267 g/mol. The van der Waals surface area contributed by atoms with Crippen LogP contribution in [-0.2, 0) is 19.3 Å². The first kappa shape index (κ1) is 13.0. The molecule has 0 amide bonds. The van der Waals surface area contributed by atoms with E-state index in [1.54, 1.807) is 0 Å². The lowest BCUT2D eigenvalue weighted by atomic mass is 10.1. The van der Waals surface area contributed by atoms with Gasteiger partial charge in [-0.1, -0.05) is 31.2 Å². The molecule has 2 nitrogen and oxygen atoms in total. The van der Waals surface area contributed by atoms with Crippen molar-refractivity contribution in [3.8, 4) is 5.75 Å². The molecule has 0 unspecified atom stereocenters. The van der Waals surface area contributed by atoms with Gasteiger partial charge in [-0.3, -0.25) is 0 Å². The minimum Gasteiger partial charge on any atom is -0.493 e. The number of ether oxygens (including phenoxy) is 1. The van der Waals surface area contributed by atoms with Crippen molar-refractivity contribution in [2.24, 2.45) is 0 Å². The minimum atomic E-state index is 0.834. The molecule has 2 aromatic rings. The average Bonchev–Trinajstić information content (AvgIpc) is 2.95. The third-order valence-electron chi connectivity index (χ3n) is 3.86. The van der Waals surface area contributed by atoms with Crippen LogP contribution >= 0.6 is 0 Å². The molecular weight excluding hydrogens is 246 g/mol. The Bertz CT molecular complexity index is 574. The summed E-state index contributed by atoms with van der Waals surface area (Å²) in [7, 11) is 0. The Balaban J connectivity index is 1.54. The van der Waals surface area contributed by atoms with Crippen molar-refractivity contribution in [2.75, 3.05) is 18.5 Å². The molecule has 0 radical (unpaired) electrons. The summed E-state index contributed by atoms with van der Waals surface area (Å²) in [6.45, 7) is 3.98. The van der Waals surface area contributed by atoms with Crippen LogP contribution in [0.25, 0.3) is 0 Å². The first-order chi connectivity index (χ1) is 9.85. The van der Waals surface area contributed by atoms with Crippen molar-refractivity contribution in [2.45, 2.75) is 26.2 Å². The highest BCUT2D eigenvalue weighted by atomic mass is 16.5. The second kappa shape index (κ2) is 6.00. The van der Waals surface area contributed by atoms with E-state index < -0.39 is 0 Å². The molecule has 0 saturated heterocycles. The summed E-state index contributed by atoms with van der Waals surface area (Å²) < 4.78 is 5.53. The highest BCUT2D eigenvalue weighted by molar-refractivity contribution is 5.45. The monoisotopic (exact) mass is 267 g/mol. The van der Waals surface area contributed by atoms with Gasteiger partial charge in [-0.15, -0.1) is 0 Å². The Morgan fingerprint density at radius 3 is 2.65 bits per heavy atom. The SMILES string of the molecule is CCc1ccc(NCCc2ccc3c(c2)CCO3)cc1. The number of aryl methyl sites for hydroxylation is 1. The topological polar surface area (TPSA) is 21.3 Å². The smallest absolute Gasteiger partial charge is 0.122 e. The van der Waals surface area contributed by atoms with Crippen LogP contribution in [-0.4, -0.2) is 13.2 Å². The van der Waals surface area contributed by atoms with E-state index in [4.69, 9.17) is 4.74 Å². The second-order valence-corrected chi connectivity index (χ2v) is 5.27. The number of anilines is 1. The normalized spacial score (nSPS) is 12.8. The van der Waals surface area contributed by atoms with E-state index in [-0.39, 0.29) is 0 Å². The summed E-state index contributed by atoms with van der Waals surface area (Å²) in [5, 5.41) is 3.48. The predicted molar refractivity (Wildman–Crippen MR) is 83.7 cm³/mol. The number of fused-ring (bicyclic) bond motifs is 1. The Hall–Kier alpha value is -1.96. The molecule has 0 aromatic heterocycles. The molecule has 1 aliphatic heterocycles. The van der Waals surface area contributed by atoms with E-state index in [1.165, 1.54) is 22.4 Å². The lowest BCUT2D eigenvalue weighted by molar-refractivity contribution is 0.357. The van der Waals surface area contributed by atoms with Gasteiger partial charge in [0.1, 0.15) is 5.75 Å². The van der Waals surface area contributed by atoms with Crippen molar-refractivity contribution in [1.29, 1.82) is 0 Å². The van der Waals surface area contributed by atoms with E-state index in [1.807, 2.05) is 0 Å². The highest BCUT2D eigenvalue weighted by Gasteiger charge is 2.11. The third kappa shape index (κ3) is 2.96. The lowest BCUT2D eigenvalue weighted by Gasteiger charge is -2.08. The summed E-state index contributed by atoms with van der Waals surface area (Å²) in [6.07, 6.45) is 3.19. The lowest BCUT2D eigenvalue weighted by Crippen LogP contribution is -2.05. The van der Waals surface area contributed by atoms with Gasteiger partial charge in [0, 0.05) is 18.7 Å². The van der Waals surface area contributed by atoms with Gasteiger partial charge in [0.15, 0.2) is 0 Å². The molecule has 20 heavy (non-hydrogen) atoms. The maximum atomic E-state index is 5.53. The predicted octanol–water partition coefficient (Wildman–Crippen LogP) is 3.84. The first-order valence-corrected chi connectivity index (χ1v) is 7.42. The Morgan fingerprint density at radius 2 is 1.85 bits per heavy atom. The van der Waals surface area contributed by atoms with Gasteiger partial charge in [-0.25, -0.2) is 0 Å². The maximum Gasteiger partial charge on any atom is 0.122 e. The fourth-order valence-electron chi connectivity index (χ4n) is 2.60. The summed E-state index contributed by atoms with van der Waals surface area (Å²) >= 11 is 0. The van der Waals surface area contributed by atoms with Crippen LogP contribution < -0.4 is 10.1 Å². The second-order valence-electron chi connectivity index (χ2n) is 5.27. The van der Waals surface area contributed by atoms with Gasteiger partial charge < -0.3 is 10.1 Å². The summed E-state index contributed by atoms with van der Waals surface area (Å²) in [5.41, 5.74) is 5.32. The van der Waals surface area contributed by atoms with Gasteiger partial charge in [0.2, 0.25) is 0 Å². The van der Waals surface area contributed by atoms with Gasteiger partial charge in [-0.05, 0) is 47.7 Å². The van der Waals surface area contributed by atoms with Gasteiger partial charge in [0.05, 0.1) is 6.61 Å². The fraction of sp³-hybridized carbons (Fsp3) is 0.333. The Morgan fingerprint density at radius 1 is 1.05 bits per heavy atom. The number of benzene rings is 2. The molecule has 0 aliphatic carbocycles. The van der Waals surface area contributed by atoms with E-state index >= 15 is 0 Å². The van der Waals surface area contributed by atoms with Crippen LogP contribution in [0.4, 0.5) is 5.69 Å². The van der Waals surface area contributed by atoms with Gasteiger partial charge in [0.25, 0.3) is 0 Å². The Labute approximate surface area is 120 Å². The van der Waals surface area contributed by atoms with E-state index in [2.05, 4.69) is 54.7 Å². The molecular formula is C18H21NO. The number of hydrogen-bond acceptors (Lipinski definition) is 2. The van der Waals surface area contributed by atoms with Crippen LogP contribution in [0.3, 0.4) is 0 Å². The summed E-state index contributed by atoms with van der Waals surface area (Å²) in [6, 6.07) is 15.3. The molecule has 0 saturated carbocycles. The standard InChI is InChI=1S/C18H21NO/c1-2-14-3-6-17(7-4-14)19-11-9-15-5-8-18-16(13-15)10-12-20-18/h3-8,13,19H,2,9-12H2,1H3. The first-order valence-electron chi connectivity index (χ1n) is 7.42. The van der Waals surface area contributed by atoms with Crippen LogP contribution in [0.1, 0.15) is 23.6 Å². The van der Waals surface area contributed by atoms with E-state index in [0.717, 1.165) is 38.2 Å². The molecule has 2 aromatic carbocycles. The van der Waals surface area contributed by atoms with E-state index in [9.17, 15) is 0 Å². The number of rotatable bonds is 5. The highest BCUT2D eigenvalue weighted by Crippen LogP contribution is 2.26. The van der Waals surface area contributed by atoms with Crippen molar-refractivity contribution in [3.05, 3.63) is 59.2 Å². The zero-order valence-electron chi connectivity index (χ0n) is 12.0. The third-order valence-corrected chi connectivity index (χ3v) is 3.86. The van der Waals surface area contributed by atoms with Crippen LogP contribution in [0.5, 0.6) is 5.75 Å². The molecule has 0 bridgehead atoms. The number of hydrogen-bond donors (Lipinski definition) is 1. The quantitative estimate of drug-likeness (QED) is 0.888. The molecule has 1 heterocycles. The maximum absolute atomic E-state index is 5.53. The number of nitrogens with one attached hydrogen (secondary N) is 1. The molecule has 1 N–H and O–H groups in total. The largest absolute Gasteiger partial charge is 0.493 e. The minimum absolute atomic E-state index is 0.834. The van der Waals surface area contributed by atoms with Crippen molar-refractivity contribution in [1.82, 2.24) is 0 Å². The molecule has 1 aliphatic rings.